The van der Waals surface area contributed by atoms with Crippen LogP contribution in [0.2, 0.25) is 0 Å². The van der Waals surface area contributed by atoms with E-state index in [9.17, 15) is 0 Å². The lowest BCUT2D eigenvalue weighted by molar-refractivity contribution is 0.307. The Kier molecular flexibility index (Phi) is 7.23. The predicted octanol–water partition coefficient (Wildman–Crippen LogP) is 5.58. The zero-order valence-corrected chi connectivity index (χ0v) is 15.9. The van der Waals surface area contributed by atoms with Crippen LogP contribution >= 0.6 is 0 Å². The van der Waals surface area contributed by atoms with E-state index in [-0.39, 0.29) is 0 Å². The first-order valence-corrected chi connectivity index (χ1v) is 10.1. The molecule has 0 atom stereocenters. The van der Waals surface area contributed by atoms with Gasteiger partial charge in [0.25, 0.3) is 0 Å². The van der Waals surface area contributed by atoms with Crippen molar-refractivity contribution in [3.05, 3.63) is 30.3 Å². The number of ether oxygens (including phenoxy) is 1. The van der Waals surface area contributed by atoms with Gasteiger partial charge in [0, 0.05) is 11.5 Å². The summed E-state index contributed by atoms with van der Waals surface area (Å²) in [5.41, 5.74) is 1.70. The van der Waals surface area contributed by atoms with E-state index in [1.165, 1.54) is 57.8 Å². The molecule has 0 fully saturated rings. The summed E-state index contributed by atoms with van der Waals surface area (Å²) in [4.78, 5) is 0. The molecule has 0 N–H and O–H groups in total. The quantitative estimate of drug-likeness (QED) is 0.399. The highest BCUT2D eigenvalue weighted by Crippen LogP contribution is 2.27. The van der Waals surface area contributed by atoms with Crippen LogP contribution in [-0.4, -0.2) is 26.6 Å². The number of tetrazole rings is 1. The van der Waals surface area contributed by atoms with Crippen LogP contribution in [0.1, 0.15) is 71.1 Å². The summed E-state index contributed by atoms with van der Waals surface area (Å²) in [6.07, 6.45) is 13.3. The van der Waals surface area contributed by atoms with Crippen molar-refractivity contribution in [3.63, 3.8) is 0 Å². The van der Waals surface area contributed by atoms with Crippen LogP contribution in [0.5, 0.6) is 5.75 Å². The average molecular weight is 354 g/mol. The normalized spacial score (nSPS) is 11.4. The summed E-state index contributed by atoms with van der Waals surface area (Å²) < 4.78 is 7.81. The van der Waals surface area contributed by atoms with Crippen LogP contribution in [0.15, 0.2) is 30.3 Å². The Morgan fingerprint density at radius 2 is 1.58 bits per heavy atom. The van der Waals surface area contributed by atoms with E-state index in [1.807, 2.05) is 24.3 Å². The van der Waals surface area contributed by atoms with Crippen LogP contribution in [-0.2, 0) is 0 Å². The molecule has 0 saturated carbocycles. The van der Waals surface area contributed by atoms with Gasteiger partial charge in [0.15, 0.2) is 5.65 Å². The van der Waals surface area contributed by atoms with E-state index in [1.54, 1.807) is 4.52 Å². The molecule has 0 aliphatic heterocycles. The van der Waals surface area contributed by atoms with Gasteiger partial charge in [0.2, 0.25) is 0 Å². The van der Waals surface area contributed by atoms with Crippen molar-refractivity contribution in [3.8, 4) is 5.75 Å². The van der Waals surface area contributed by atoms with Gasteiger partial charge in [-0.25, -0.2) is 0 Å². The minimum absolute atomic E-state index is 0.724. The molecule has 0 amide bonds. The van der Waals surface area contributed by atoms with Crippen LogP contribution in [0.3, 0.4) is 0 Å². The number of pyridine rings is 1. The van der Waals surface area contributed by atoms with Gasteiger partial charge < -0.3 is 4.74 Å². The fourth-order valence-corrected chi connectivity index (χ4v) is 3.41. The molecule has 0 saturated heterocycles. The van der Waals surface area contributed by atoms with Crippen LogP contribution < -0.4 is 4.74 Å². The first-order chi connectivity index (χ1) is 12.9. The molecule has 26 heavy (non-hydrogen) atoms. The summed E-state index contributed by atoms with van der Waals surface area (Å²) in [5, 5.41) is 12.9. The molecule has 140 valence electrons. The lowest BCUT2D eigenvalue weighted by Gasteiger charge is -2.10. The summed E-state index contributed by atoms with van der Waals surface area (Å²) in [6, 6.07) is 10.0. The standard InChI is InChI=1S/C21H30N4O/c1-2-3-4-5-6-7-8-9-10-13-16-26-20-17-21-22-23-24-25(21)19-15-12-11-14-18(19)20/h11-12,14-15,17H,2-10,13,16H2,1H3. The second-order valence-electron chi connectivity index (χ2n) is 7.01. The first-order valence-electron chi connectivity index (χ1n) is 10.1. The van der Waals surface area contributed by atoms with Gasteiger partial charge in [0.1, 0.15) is 5.75 Å². The van der Waals surface area contributed by atoms with E-state index in [4.69, 9.17) is 4.74 Å². The molecule has 0 radical (unpaired) electrons. The van der Waals surface area contributed by atoms with E-state index in [2.05, 4.69) is 28.5 Å². The van der Waals surface area contributed by atoms with Crippen molar-refractivity contribution in [2.45, 2.75) is 71.1 Å². The van der Waals surface area contributed by atoms with Gasteiger partial charge >= 0.3 is 0 Å². The van der Waals surface area contributed by atoms with Gasteiger partial charge in [-0.15, -0.1) is 5.10 Å². The fraction of sp³-hybridized carbons (Fsp3) is 0.571. The maximum atomic E-state index is 6.06. The lowest BCUT2D eigenvalue weighted by Crippen LogP contribution is -2.00. The van der Waals surface area contributed by atoms with Crippen LogP contribution in [0, 0.1) is 0 Å². The zero-order valence-electron chi connectivity index (χ0n) is 15.9. The van der Waals surface area contributed by atoms with Crippen molar-refractivity contribution in [1.29, 1.82) is 0 Å². The van der Waals surface area contributed by atoms with Crippen molar-refractivity contribution >= 4 is 16.6 Å². The Labute approximate surface area is 155 Å². The number of para-hydroxylation sites is 1. The Hall–Kier alpha value is -2.17. The Balaban J connectivity index is 1.40. The van der Waals surface area contributed by atoms with Crippen LogP contribution in [0.25, 0.3) is 16.6 Å². The third-order valence-corrected chi connectivity index (χ3v) is 4.91. The molecular formula is C21H30N4O. The van der Waals surface area contributed by atoms with Gasteiger partial charge in [-0.3, -0.25) is 0 Å². The number of hydrogen-bond acceptors (Lipinski definition) is 4. The number of nitrogens with zero attached hydrogens (tertiary/aromatic N) is 4. The fourth-order valence-electron chi connectivity index (χ4n) is 3.41. The van der Waals surface area contributed by atoms with Crippen molar-refractivity contribution < 1.29 is 4.74 Å². The Morgan fingerprint density at radius 3 is 2.35 bits per heavy atom. The number of benzene rings is 1. The third kappa shape index (κ3) is 4.93. The molecule has 5 nitrogen and oxygen atoms in total. The summed E-state index contributed by atoms with van der Waals surface area (Å²) >= 11 is 0. The largest absolute Gasteiger partial charge is 0.493 e. The molecule has 0 aliphatic rings. The molecule has 0 unspecified atom stereocenters. The molecule has 5 heteroatoms. The van der Waals surface area contributed by atoms with E-state index >= 15 is 0 Å². The number of aromatic nitrogens is 4. The Morgan fingerprint density at radius 1 is 0.885 bits per heavy atom. The summed E-state index contributed by atoms with van der Waals surface area (Å²) in [7, 11) is 0. The number of unbranched alkanes of at least 4 members (excludes halogenated alkanes) is 9. The molecule has 2 aromatic heterocycles. The molecule has 2 heterocycles. The second-order valence-corrected chi connectivity index (χ2v) is 7.01. The molecule has 1 aromatic carbocycles. The van der Waals surface area contributed by atoms with Crippen molar-refractivity contribution in [1.82, 2.24) is 20.0 Å². The molecule has 0 bridgehead atoms. The minimum atomic E-state index is 0.724. The molecular weight excluding hydrogens is 324 g/mol. The molecule has 3 rings (SSSR count). The highest BCUT2D eigenvalue weighted by Gasteiger charge is 2.09. The summed E-state index contributed by atoms with van der Waals surface area (Å²) in [5.74, 6) is 0.874. The maximum Gasteiger partial charge on any atom is 0.183 e. The maximum absolute atomic E-state index is 6.06. The van der Waals surface area contributed by atoms with Crippen LogP contribution in [0.4, 0.5) is 0 Å². The summed E-state index contributed by atoms with van der Waals surface area (Å²) in [6.45, 7) is 3.02. The van der Waals surface area contributed by atoms with Gasteiger partial charge in [-0.1, -0.05) is 76.8 Å². The zero-order chi connectivity index (χ0) is 18.0. The molecule has 0 aliphatic carbocycles. The van der Waals surface area contributed by atoms with Gasteiger partial charge in [-0.05, 0) is 29.0 Å². The highest BCUT2D eigenvalue weighted by atomic mass is 16.5. The smallest absolute Gasteiger partial charge is 0.183 e. The minimum Gasteiger partial charge on any atom is -0.493 e. The third-order valence-electron chi connectivity index (χ3n) is 4.91. The predicted molar refractivity (Wildman–Crippen MR) is 106 cm³/mol. The lowest BCUT2D eigenvalue weighted by atomic mass is 10.1. The van der Waals surface area contributed by atoms with E-state index in [0.29, 0.717) is 0 Å². The number of rotatable bonds is 12. The topological polar surface area (TPSA) is 52.3 Å². The van der Waals surface area contributed by atoms with Gasteiger partial charge in [0.05, 0.1) is 12.1 Å². The Bertz CT molecular complexity index is 799. The first kappa shape index (κ1) is 18.6. The second kappa shape index (κ2) is 10.1. The highest BCUT2D eigenvalue weighted by molar-refractivity contribution is 5.87. The van der Waals surface area contributed by atoms with Crippen molar-refractivity contribution in [2.75, 3.05) is 6.61 Å². The van der Waals surface area contributed by atoms with Gasteiger partial charge in [-0.2, -0.15) is 4.52 Å². The number of hydrogen-bond donors (Lipinski definition) is 0. The van der Waals surface area contributed by atoms with Crippen molar-refractivity contribution in [2.24, 2.45) is 0 Å². The monoisotopic (exact) mass is 354 g/mol. The van der Waals surface area contributed by atoms with E-state index < -0.39 is 0 Å². The average Bonchev–Trinajstić information content (AvgIpc) is 3.15. The molecule has 0 spiro atoms. The molecule has 3 aromatic rings. The van der Waals surface area contributed by atoms with E-state index in [0.717, 1.165) is 35.3 Å². The SMILES string of the molecule is CCCCCCCCCCCCOc1cc2nnnn2c2ccccc12. The number of fused-ring (bicyclic) bond motifs is 3.